The summed E-state index contributed by atoms with van der Waals surface area (Å²) in [6.45, 7) is 2.34. The van der Waals surface area contributed by atoms with E-state index in [2.05, 4.69) is 42.4 Å². The molecule has 0 heterocycles. The van der Waals surface area contributed by atoms with Crippen LogP contribution in [0.4, 0.5) is 0 Å². The standard InChI is InChI=1S/C23H20Br2N2O3/c1-16-11-20(24)23(21(25)12-16)30-15-22(28)27-26-13-17-7-9-19(10-8-17)29-14-18-5-3-2-4-6-18/h2-13H,14-15H2,1H3,(H,27,28)/b26-13-. The van der Waals surface area contributed by atoms with E-state index in [-0.39, 0.29) is 12.5 Å². The van der Waals surface area contributed by atoms with Gasteiger partial charge in [-0.1, -0.05) is 30.3 Å². The maximum Gasteiger partial charge on any atom is 0.277 e. The van der Waals surface area contributed by atoms with Crippen molar-refractivity contribution in [2.24, 2.45) is 5.10 Å². The molecule has 0 saturated heterocycles. The Morgan fingerprint density at radius 1 is 1.00 bits per heavy atom. The number of hydrogen-bond acceptors (Lipinski definition) is 4. The number of ether oxygens (including phenoxy) is 2. The Morgan fingerprint density at radius 2 is 1.67 bits per heavy atom. The Bertz CT molecular complexity index is 999. The summed E-state index contributed by atoms with van der Waals surface area (Å²) in [4.78, 5) is 12.0. The van der Waals surface area contributed by atoms with E-state index in [9.17, 15) is 4.79 Å². The van der Waals surface area contributed by atoms with Gasteiger partial charge in [-0.3, -0.25) is 4.79 Å². The van der Waals surface area contributed by atoms with Crippen LogP contribution in [0.15, 0.2) is 80.8 Å². The van der Waals surface area contributed by atoms with Crippen molar-refractivity contribution >= 4 is 44.0 Å². The molecule has 0 atom stereocenters. The summed E-state index contributed by atoms with van der Waals surface area (Å²) < 4.78 is 12.9. The zero-order valence-corrected chi connectivity index (χ0v) is 19.4. The van der Waals surface area contributed by atoms with Crippen molar-refractivity contribution < 1.29 is 14.3 Å². The van der Waals surface area contributed by atoms with Gasteiger partial charge < -0.3 is 9.47 Å². The second-order valence-corrected chi connectivity index (χ2v) is 8.19. The summed E-state index contributed by atoms with van der Waals surface area (Å²) in [6.07, 6.45) is 1.57. The Hall–Kier alpha value is -2.64. The minimum atomic E-state index is -0.353. The summed E-state index contributed by atoms with van der Waals surface area (Å²) in [5, 5.41) is 3.97. The molecule has 0 bridgehead atoms. The molecule has 0 spiro atoms. The highest BCUT2D eigenvalue weighted by atomic mass is 79.9. The van der Waals surface area contributed by atoms with E-state index in [1.807, 2.05) is 73.7 Å². The molecule has 1 N–H and O–H groups in total. The van der Waals surface area contributed by atoms with Crippen molar-refractivity contribution in [3.05, 3.63) is 92.4 Å². The van der Waals surface area contributed by atoms with Gasteiger partial charge in [0.2, 0.25) is 0 Å². The van der Waals surface area contributed by atoms with Crippen LogP contribution in [0, 0.1) is 6.92 Å². The molecule has 30 heavy (non-hydrogen) atoms. The van der Waals surface area contributed by atoms with Crippen LogP contribution >= 0.6 is 31.9 Å². The third-order valence-corrected chi connectivity index (χ3v) is 5.20. The number of hydrazone groups is 1. The molecule has 0 aliphatic carbocycles. The van der Waals surface area contributed by atoms with Crippen molar-refractivity contribution in [1.82, 2.24) is 5.43 Å². The van der Waals surface area contributed by atoms with Gasteiger partial charge in [0.1, 0.15) is 18.1 Å². The van der Waals surface area contributed by atoms with Gasteiger partial charge in [-0.05, 0) is 91.9 Å². The van der Waals surface area contributed by atoms with Crippen molar-refractivity contribution in [1.29, 1.82) is 0 Å². The van der Waals surface area contributed by atoms with E-state index < -0.39 is 0 Å². The molecule has 7 heteroatoms. The molecule has 0 aliphatic rings. The molecule has 0 radical (unpaired) electrons. The molecule has 3 aromatic rings. The van der Waals surface area contributed by atoms with Gasteiger partial charge in [0.05, 0.1) is 15.2 Å². The Morgan fingerprint density at radius 3 is 2.33 bits per heavy atom. The third-order valence-electron chi connectivity index (χ3n) is 4.02. The molecule has 3 aromatic carbocycles. The minimum Gasteiger partial charge on any atom is -0.489 e. The lowest BCUT2D eigenvalue weighted by Crippen LogP contribution is -2.24. The van der Waals surface area contributed by atoms with E-state index in [0.717, 1.165) is 31.4 Å². The molecular weight excluding hydrogens is 512 g/mol. The lowest BCUT2D eigenvalue weighted by molar-refractivity contribution is -0.123. The number of carbonyl (C=O) groups is 1. The normalized spacial score (nSPS) is 10.8. The van der Waals surface area contributed by atoms with Gasteiger partial charge in [0.15, 0.2) is 6.61 Å². The summed E-state index contributed by atoms with van der Waals surface area (Å²) in [5.41, 5.74) is 5.48. The number of halogens is 2. The fourth-order valence-electron chi connectivity index (χ4n) is 2.56. The SMILES string of the molecule is Cc1cc(Br)c(OCC(=O)N/N=C\c2ccc(OCc3ccccc3)cc2)c(Br)c1. The fraction of sp³-hybridized carbons (Fsp3) is 0.130. The number of rotatable bonds is 8. The molecule has 0 aliphatic heterocycles. The molecule has 0 unspecified atom stereocenters. The monoisotopic (exact) mass is 530 g/mol. The highest BCUT2D eigenvalue weighted by Gasteiger charge is 2.10. The molecular formula is C23H20Br2N2O3. The predicted octanol–water partition coefficient (Wildman–Crippen LogP) is 5.63. The molecule has 1 amide bonds. The van der Waals surface area contributed by atoms with Crippen LogP contribution in [0.2, 0.25) is 0 Å². The highest BCUT2D eigenvalue weighted by molar-refractivity contribution is 9.11. The summed E-state index contributed by atoms with van der Waals surface area (Å²) in [7, 11) is 0. The number of carbonyl (C=O) groups excluding carboxylic acids is 1. The molecule has 154 valence electrons. The molecule has 0 fully saturated rings. The maximum atomic E-state index is 12.0. The van der Waals surface area contributed by atoms with Gasteiger partial charge in [-0.2, -0.15) is 5.10 Å². The topological polar surface area (TPSA) is 59.9 Å². The number of nitrogens with one attached hydrogen (secondary N) is 1. The maximum absolute atomic E-state index is 12.0. The van der Waals surface area contributed by atoms with E-state index >= 15 is 0 Å². The van der Waals surface area contributed by atoms with Crippen LogP contribution in [0.25, 0.3) is 0 Å². The first-order chi connectivity index (χ1) is 14.5. The van der Waals surface area contributed by atoms with Gasteiger partial charge in [-0.25, -0.2) is 5.43 Å². The molecule has 0 saturated carbocycles. The highest BCUT2D eigenvalue weighted by Crippen LogP contribution is 2.34. The van der Waals surface area contributed by atoms with Crippen molar-refractivity contribution in [2.75, 3.05) is 6.61 Å². The first-order valence-electron chi connectivity index (χ1n) is 9.18. The summed E-state index contributed by atoms with van der Waals surface area (Å²) >= 11 is 6.87. The number of amides is 1. The van der Waals surface area contributed by atoms with Gasteiger partial charge in [-0.15, -0.1) is 0 Å². The fourth-order valence-corrected chi connectivity index (χ4v) is 4.21. The minimum absolute atomic E-state index is 0.149. The third kappa shape index (κ3) is 6.71. The summed E-state index contributed by atoms with van der Waals surface area (Å²) in [6, 6.07) is 21.3. The second kappa shape index (κ2) is 10.9. The van der Waals surface area contributed by atoms with Crippen molar-refractivity contribution in [3.8, 4) is 11.5 Å². The van der Waals surface area contributed by atoms with E-state index in [1.165, 1.54) is 0 Å². The molecule has 5 nitrogen and oxygen atoms in total. The lowest BCUT2D eigenvalue weighted by atomic mass is 10.2. The Labute approximate surface area is 192 Å². The second-order valence-electron chi connectivity index (χ2n) is 6.48. The van der Waals surface area contributed by atoms with E-state index in [4.69, 9.17) is 9.47 Å². The van der Waals surface area contributed by atoms with Crippen LogP contribution in [0.5, 0.6) is 11.5 Å². The average molecular weight is 532 g/mol. The Balaban J connectivity index is 1.45. The lowest BCUT2D eigenvalue weighted by Gasteiger charge is -2.10. The predicted molar refractivity (Wildman–Crippen MR) is 125 cm³/mol. The number of hydrogen-bond donors (Lipinski definition) is 1. The molecule has 3 rings (SSSR count). The van der Waals surface area contributed by atoms with E-state index in [0.29, 0.717) is 12.4 Å². The number of nitrogens with zero attached hydrogens (tertiary/aromatic N) is 1. The zero-order valence-electron chi connectivity index (χ0n) is 16.3. The zero-order chi connectivity index (χ0) is 21.3. The van der Waals surface area contributed by atoms with Crippen molar-refractivity contribution in [3.63, 3.8) is 0 Å². The Kier molecular flexibility index (Phi) is 8.04. The average Bonchev–Trinajstić information content (AvgIpc) is 2.73. The van der Waals surface area contributed by atoms with Gasteiger partial charge in [0.25, 0.3) is 5.91 Å². The number of benzene rings is 3. The first-order valence-corrected chi connectivity index (χ1v) is 10.8. The summed E-state index contributed by atoms with van der Waals surface area (Å²) in [5.74, 6) is 0.988. The smallest absolute Gasteiger partial charge is 0.277 e. The van der Waals surface area contributed by atoms with Crippen LogP contribution in [-0.2, 0) is 11.4 Å². The van der Waals surface area contributed by atoms with Crippen LogP contribution < -0.4 is 14.9 Å². The van der Waals surface area contributed by atoms with Crippen molar-refractivity contribution in [2.45, 2.75) is 13.5 Å². The van der Waals surface area contributed by atoms with E-state index in [1.54, 1.807) is 6.21 Å². The van der Waals surface area contributed by atoms with Gasteiger partial charge in [0, 0.05) is 0 Å². The molecule has 0 aromatic heterocycles. The van der Waals surface area contributed by atoms with Crippen LogP contribution in [-0.4, -0.2) is 18.7 Å². The largest absolute Gasteiger partial charge is 0.489 e. The van der Waals surface area contributed by atoms with Crippen LogP contribution in [0.3, 0.4) is 0 Å². The van der Waals surface area contributed by atoms with Crippen LogP contribution in [0.1, 0.15) is 16.7 Å². The first kappa shape index (κ1) is 22.1. The number of aryl methyl sites for hydroxylation is 1. The van der Waals surface area contributed by atoms with Gasteiger partial charge >= 0.3 is 0 Å². The quantitative estimate of drug-likeness (QED) is 0.303.